The summed E-state index contributed by atoms with van der Waals surface area (Å²) in [4.78, 5) is 41.3. The SMILES string of the molecule is Cc1cc(-n2nc3c(c2C(=O)NNC(=O)c2ccc4c(cnn4C)c2F)[C@H](C)N(C(=O)OC(C)(C)C)CC3)cc(C)c1F. The van der Waals surface area contributed by atoms with Gasteiger partial charge in [0.15, 0.2) is 0 Å². The Balaban J connectivity index is 1.51. The van der Waals surface area contributed by atoms with Gasteiger partial charge in [0, 0.05) is 25.6 Å². The first-order valence-electron chi connectivity index (χ1n) is 13.8. The Labute approximate surface area is 246 Å². The summed E-state index contributed by atoms with van der Waals surface area (Å²) in [5.74, 6) is -2.80. The van der Waals surface area contributed by atoms with Gasteiger partial charge in [-0.25, -0.2) is 18.3 Å². The molecule has 0 unspecified atom stereocenters. The molecule has 0 spiro atoms. The topological polar surface area (TPSA) is 123 Å². The molecule has 2 aromatic carbocycles. The second-order valence-electron chi connectivity index (χ2n) is 11.7. The standard InChI is InChI=1S/C30H33F2N7O4/c1-15-12-18(13-16(2)24(15)31)39-26(23-17(3)38(11-10-21(23)36-39)29(42)43-30(4,5)6)28(41)35-34-27(40)19-8-9-22-20(25(19)32)14-33-37(22)7/h8-9,12-14,17H,10-11H2,1-7H3,(H,34,40)(H,35,41)/t17-/m0/s1. The number of aromatic nitrogens is 4. The van der Waals surface area contributed by atoms with Crippen LogP contribution in [0.25, 0.3) is 16.6 Å². The number of hydrogen-bond donors (Lipinski definition) is 2. The second-order valence-corrected chi connectivity index (χ2v) is 11.7. The minimum absolute atomic E-state index is 0.0321. The molecule has 0 fully saturated rings. The van der Waals surface area contributed by atoms with E-state index in [2.05, 4.69) is 21.0 Å². The number of ether oxygens (including phenoxy) is 1. The van der Waals surface area contributed by atoms with E-state index in [0.717, 1.165) is 0 Å². The van der Waals surface area contributed by atoms with Gasteiger partial charge < -0.3 is 9.64 Å². The highest BCUT2D eigenvalue weighted by Crippen LogP contribution is 2.35. The van der Waals surface area contributed by atoms with Crippen LogP contribution in [-0.4, -0.2) is 54.5 Å². The van der Waals surface area contributed by atoms with E-state index in [-0.39, 0.29) is 22.5 Å². The number of halogens is 2. The Hall–Kier alpha value is -4.81. The zero-order valence-electron chi connectivity index (χ0n) is 25.0. The van der Waals surface area contributed by atoms with E-state index in [1.54, 1.807) is 66.8 Å². The van der Waals surface area contributed by atoms with Crippen LogP contribution in [0.3, 0.4) is 0 Å². The highest BCUT2D eigenvalue weighted by atomic mass is 19.1. The van der Waals surface area contributed by atoms with Gasteiger partial charge in [0.2, 0.25) is 0 Å². The number of benzene rings is 2. The number of carbonyl (C=O) groups excluding carboxylic acids is 3. The number of nitrogens with zero attached hydrogens (tertiary/aromatic N) is 5. The summed E-state index contributed by atoms with van der Waals surface area (Å²) < 4.78 is 38.1. The molecule has 1 atom stereocenters. The van der Waals surface area contributed by atoms with Gasteiger partial charge in [0.05, 0.1) is 40.1 Å². The highest BCUT2D eigenvalue weighted by molar-refractivity contribution is 6.01. The van der Waals surface area contributed by atoms with Crippen LogP contribution in [0.1, 0.15) is 77.0 Å². The summed E-state index contributed by atoms with van der Waals surface area (Å²) in [6, 6.07) is 5.35. The molecule has 0 aliphatic carbocycles. The largest absolute Gasteiger partial charge is 0.444 e. The Morgan fingerprint density at radius 1 is 1.02 bits per heavy atom. The van der Waals surface area contributed by atoms with Crippen molar-refractivity contribution in [3.8, 4) is 5.69 Å². The van der Waals surface area contributed by atoms with Gasteiger partial charge in [-0.1, -0.05) is 0 Å². The third kappa shape index (κ3) is 5.42. The summed E-state index contributed by atoms with van der Waals surface area (Å²) >= 11 is 0. The van der Waals surface area contributed by atoms with Crippen molar-refractivity contribution >= 4 is 28.8 Å². The lowest BCUT2D eigenvalue weighted by Gasteiger charge is -2.34. The molecule has 0 radical (unpaired) electrons. The molecule has 2 aromatic heterocycles. The fourth-order valence-electron chi connectivity index (χ4n) is 5.31. The van der Waals surface area contributed by atoms with Crippen LogP contribution in [0, 0.1) is 25.5 Å². The second kappa shape index (κ2) is 10.8. The first-order valence-corrected chi connectivity index (χ1v) is 13.8. The molecule has 11 nitrogen and oxygen atoms in total. The Morgan fingerprint density at radius 3 is 2.33 bits per heavy atom. The number of hydrazine groups is 1. The van der Waals surface area contributed by atoms with E-state index in [1.165, 1.54) is 26.5 Å². The normalized spacial score (nSPS) is 14.9. The van der Waals surface area contributed by atoms with E-state index in [9.17, 15) is 18.8 Å². The molecule has 43 heavy (non-hydrogen) atoms. The molecule has 3 amide bonds. The van der Waals surface area contributed by atoms with Gasteiger partial charge in [0.25, 0.3) is 11.8 Å². The average molecular weight is 594 g/mol. The van der Waals surface area contributed by atoms with Crippen LogP contribution < -0.4 is 10.9 Å². The monoisotopic (exact) mass is 593 g/mol. The van der Waals surface area contributed by atoms with Crippen molar-refractivity contribution in [1.29, 1.82) is 0 Å². The number of fused-ring (bicyclic) bond motifs is 2. The molecule has 3 heterocycles. The summed E-state index contributed by atoms with van der Waals surface area (Å²) in [5, 5.41) is 8.85. The number of aryl methyl sites for hydroxylation is 3. The Bertz CT molecular complexity index is 1760. The van der Waals surface area contributed by atoms with Crippen molar-refractivity contribution in [3.63, 3.8) is 0 Å². The lowest BCUT2D eigenvalue weighted by atomic mass is 9.97. The number of hydrogen-bond acceptors (Lipinski definition) is 6. The smallest absolute Gasteiger partial charge is 0.410 e. The molecule has 226 valence electrons. The maximum absolute atomic E-state index is 15.1. The van der Waals surface area contributed by atoms with E-state index in [0.29, 0.717) is 46.6 Å². The van der Waals surface area contributed by atoms with Crippen LogP contribution in [0.4, 0.5) is 13.6 Å². The number of amides is 3. The van der Waals surface area contributed by atoms with Crippen molar-refractivity contribution in [2.75, 3.05) is 6.54 Å². The fraction of sp³-hybridized carbons (Fsp3) is 0.367. The van der Waals surface area contributed by atoms with Crippen LogP contribution in [0.2, 0.25) is 0 Å². The van der Waals surface area contributed by atoms with Crippen molar-refractivity contribution in [1.82, 2.24) is 35.3 Å². The van der Waals surface area contributed by atoms with Crippen LogP contribution in [0.5, 0.6) is 0 Å². The van der Waals surface area contributed by atoms with Crippen LogP contribution >= 0.6 is 0 Å². The Kier molecular flexibility index (Phi) is 7.45. The molecule has 2 N–H and O–H groups in total. The maximum Gasteiger partial charge on any atom is 0.410 e. The van der Waals surface area contributed by atoms with Gasteiger partial charge in [-0.3, -0.25) is 25.1 Å². The molecule has 1 aliphatic heterocycles. The molecule has 0 bridgehead atoms. The third-order valence-electron chi connectivity index (χ3n) is 7.38. The minimum Gasteiger partial charge on any atom is -0.444 e. The summed E-state index contributed by atoms with van der Waals surface area (Å²) in [6.45, 7) is 10.6. The fourth-order valence-corrected chi connectivity index (χ4v) is 5.31. The van der Waals surface area contributed by atoms with Gasteiger partial charge in [-0.15, -0.1) is 0 Å². The third-order valence-corrected chi connectivity index (χ3v) is 7.38. The first kappa shape index (κ1) is 29.7. The summed E-state index contributed by atoms with van der Waals surface area (Å²) in [6.07, 6.45) is 1.09. The Morgan fingerprint density at radius 2 is 1.67 bits per heavy atom. The average Bonchev–Trinajstić information content (AvgIpc) is 3.51. The highest BCUT2D eigenvalue weighted by Gasteiger charge is 2.38. The maximum atomic E-state index is 15.1. The van der Waals surface area contributed by atoms with Crippen LogP contribution in [-0.2, 0) is 18.2 Å². The number of carbonyl (C=O) groups is 3. The summed E-state index contributed by atoms with van der Waals surface area (Å²) in [5.41, 5.74) is 6.32. The molecular weight excluding hydrogens is 560 g/mol. The predicted molar refractivity (Wildman–Crippen MR) is 154 cm³/mol. The molecule has 0 saturated heterocycles. The lowest BCUT2D eigenvalue weighted by Crippen LogP contribution is -2.45. The van der Waals surface area contributed by atoms with Gasteiger partial charge in [0.1, 0.15) is 22.9 Å². The van der Waals surface area contributed by atoms with Crippen LogP contribution in [0.15, 0.2) is 30.5 Å². The van der Waals surface area contributed by atoms with Crippen molar-refractivity contribution in [3.05, 3.63) is 75.7 Å². The number of rotatable bonds is 3. The molecule has 4 aromatic rings. The van der Waals surface area contributed by atoms with Gasteiger partial charge in [-0.2, -0.15) is 10.2 Å². The quantitative estimate of drug-likeness (QED) is 0.335. The zero-order chi connectivity index (χ0) is 31.4. The zero-order valence-corrected chi connectivity index (χ0v) is 25.0. The van der Waals surface area contributed by atoms with E-state index >= 15 is 4.39 Å². The molecule has 1 aliphatic rings. The molecule has 0 saturated carbocycles. The predicted octanol–water partition coefficient (Wildman–Crippen LogP) is 4.58. The van der Waals surface area contributed by atoms with Crippen molar-refractivity contribution in [2.45, 2.75) is 59.6 Å². The minimum atomic E-state index is -0.881. The van der Waals surface area contributed by atoms with Crippen molar-refractivity contribution < 1.29 is 27.9 Å². The van der Waals surface area contributed by atoms with Crippen molar-refractivity contribution in [2.24, 2.45) is 7.05 Å². The van der Waals surface area contributed by atoms with Gasteiger partial charge >= 0.3 is 6.09 Å². The van der Waals surface area contributed by atoms with E-state index < -0.39 is 35.4 Å². The lowest BCUT2D eigenvalue weighted by molar-refractivity contribution is 0.0158. The van der Waals surface area contributed by atoms with E-state index in [1.807, 2.05) is 0 Å². The van der Waals surface area contributed by atoms with E-state index in [4.69, 9.17) is 4.74 Å². The number of nitrogens with one attached hydrogen (secondary N) is 2. The van der Waals surface area contributed by atoms with Gasteiger partial charge in [-0.05, 0) is 76.9 Å². The molecule has 13 heteroatoms. The summed E-state index contributed by atoms with van der Waals surface area (Å²) in [7, 11) is 1.65. The molecular formula is C30H33F2N7O4. The first-order chi connectivity index (χ1) is 20.2. The molecule has 5 rings (SSSR count).